The van der Waals surface area contributed by atoms with E-state index >= 15 is 0 Å². The number of halogens is 1. The number of hydrogen-bond donors (Lipinski definition) is 2. The van der Waals surface area contributed by atoms with Crippen molar-refractivity contribution in [3.8, 4) is 0 Å². The zero-order valence-corrected chi connectivity index (χ0v) is 16.2. The van der Waals surface area contributed by atoms with E-state index in [2.05, 4.69) is 27.6 Å². The first-order valence-electron chi connectivity index (χ1n) is 8.02. The van der Waals surface area contributed by atoms with Crippen molar-refractivity contribution in [1.82, 2.24) is 20.5 Å². The molecule has 2 amide bonds. The highest BCUT2D eigenvalue weighted by atomic mass is 35.5. The molecule has 0 atom stereocenters. The number of nitrogens with zero attached hydrogens (tertiary/aromatic N) is 2. The van der Waals surface area contributed by atoms with Gasteiger partial charge in [-0.3, -0.25) is 9.59 Å². The van der Waals surface area contributed by atoms with Crippen molar-refractivity contribution >= 4 is 46.1 Å². The Hall–Kier alpha value is -1.48. The van der Waals surface area contributed by atoms with Crippen molar-refractivity contribution in [2.45, 2.75) is 19.4 Å². The number of likely N-dealkylation sites (N-methyl/N-ethyl adjacent to an activating group) is 1. The molecule has 6 nitrogen and oxygen atoms in total. The molecule has 2 aromatic heterocycles. The van der Waals surface area contributed by atoms with Crippen LogP contribution in [0.2, 0.25) is 4.34 Å². The molecule has 1 aliphatic heterocycles. The van der Waals surface area contributed by atoms with Crippen molar-refractivity contribution < 1.29 is 9.59 Å². The minimum atomic E-state index is -0.140. The molecule has 0 unspecified atom stereocenters. The maximum atomic E-state index is 12.2. The van der Waals surface area contributed by atoms with Gasteiger partial charge in [0.05, 0.1) is 14.9 Å². The molecule has 134 valence electrons. The summed E-state index contributed by atoms with van der Waals surface area (Å²) in [6, 6.07) is 3.40. The van der Waals surface area contributed by atoms with Crippen LogP contribution in [0.25, 0.3) is 0 Å². The summed E-state index contributed by atoms with van der Waals surface area (Å²) < 4.78 is 0.592. The fourth-order valence-electron chi connectivity index (χ4n) is 2.51. The average molecular weight is 399 g/mol. The van der Waals surface area contributed by atoms with Crippen molar-refractivity contribution in [3.63, 3.8) is 0 Å². The largest absolute Gasteiger partial charge is 0.351 e. The highest BCUT2D eigenvalue weighted by Crippen LogP contribution is 2.24. The summed E-state index contributed by atoms with van der Waals surface area (Å²) in [7, 11) is 2.07. The zero-order valence-electron chi connectivity index (χ0n) is 13.8. The molecule has 0 spiro atoms. The minimum Gasteiger partial charge on any atom is -0.351 e. The van der Waals surface area contributed by atoms with Crippen molar-refractivity contribution in [3.05, 3.63) is 36.9 Å². The number of thiazole rings is 1. The Bertz CT molecular complexity index is 774. The molecule has 0 saturated carbocycles. The second kappa shape index (κ2) is 8.27. The van der Waals surface area contributed by atoms with Gasteiger partial charge in [-0.15, -0.1) is 22.7 Å². The van der Waals surface area contributed by atoms with Crippen LogP contribution in [0, 0.1) is 0 Å². The summed E-state index contributed by atoms with van der Waals surface area (Å²) in [6.45, 7) is 2.83. The monoisotopic (exact) mass is 398 g/mol. The van der Waals surface area contributed by atoms with Gasteiger partial charge >= 0.3 is 0 Å². The number of nitrogens with one attached hydrogen (secondary N) is 2. The van der Waals surface area contributed by atoms with Crippen molar-refractivity contribution in [2.24, 2.45) is 0 Å². The first kappa shape index (κ1) is 18.3. The summed E-state index contributed by atoms with van der Waals surface area (Å²) in [4.78, 5) is 32.5. The number of fused-ring (bicyclic) bond motifs is 1. The van der Waals surface area contributed by atoms with E-state index in [0.29, 0.717) is 33.7 Å². The predicted molar refractivity (Wildman–Crippen MR) is 101 cm³/mol. The number of rotatable bonds is 6. The summed E-state index contributed by atoms with van der Waals surface area (Å²) in [5.74, 6) is -0.279. The molecule has 0 fully saturated rings. The molecule has 0 bridgehead atoms. The van der Waals surface area contributed by atoms with Gasteiger partial charge in [-0.05, 0) is 25.6 Å². The number of hydrogen-bond acceptors (Lipinski definition) is 6. The van der Waals surface area contributed by atoms with Crippen LogP contribution in [0.4, 0.5) is 0 Å². The van der Waals surface area contributed by atoms with E-state index in [1.54, 1.807) is 12.1 Å². The van der Waals surface area contributed by atoms with Gasteiger partial charge in [-0.1, -0.05) is 11.6 Å². The Morgan fingerprint density at radius 3 is 2.72 bits per heavy atom. The fraction of sp³-hybridized carbons (Fsp3) is 0.438. The molecule has 0 saturated heterocycles. The van der Waals surface area contributed by atoms with Crippen LogP contribution in [0.3, 0.4) is 0 Å². The van der Waals surface area contributed by atoms with E-state index < -0.39 is 0 Å². The Balaban J connectivity index is 1.39. The van der Waals surface area contributed by atoms with Gasteiger partial charge in [-0.25, -0.2) is 4.98 Å². The number of amides is 2. The second-order valence-electron chi connectivity index (χ2n) is 5.85. The van der Waals surface area contributed by atoms with Crippen LogP contribution in [0.5, 0.6) is 0 Å². The van der Waals surface area contributed by atoms with E-state index in [9.17, 15) is 9.59 Å². The lowest BCUT2D eigenvalue weighted by Crippen LogP contribution is -2.29. The van der Waals surface area contributed by atoms with Crippen LogP contribution in [-0.4, -0.2) is 48.4 Å². The standard InChI is InChI=1S/C16H19ClN4O2S2/c1-21-8-5-10-12(9-21)25-16(20-10)15(23)19-7-2-6-18-14(22)11-3-4-13(17)24-11/h3-4H,2,5-9H2,1H3,(H,18,22)(H,19,23). The molecule has 0 aromatic carbocycles. The molecular weight excluding hydrogens is 380 g/mol. The highest BCUT2D eigenvalue weighted by Gasteiger charge is 2.21. The van der Waals surface area contributed by atoms with Crippen LogP contribution >= 0.6 is 34.3 Å². The van der Waals surface area contributed by atoms with Gasteiger partial charge in [-0.2, -0.15) is 0 Å². The van der Waals surface area contributed by atoms with Crippen LogP contribution in [0.1, 0.15) is 36.5 Å². The predicted octanol–water partition coefficient (Wildman–Crippen LogP) is 2.40. The van der Waals surface area contributed by atoms with Gasteiger partial charge in [0.1, 0.15) is 0 Å². The molecule has 1 aliphatic rings. The molecule has 0 radical (unpaired) electrons. The van der Waals surface area contributed by atoms with Crippen LogP contribution in [-0.2, 0) is 13.0 Å². The topological polar surface area (TPSA) is 74.3 Å². The van der Waals surface area contributed by atoms with Gasteiger partial charge < -0.3 is 15.5 Å². The van der Waals surface area contributed by atoms with Crippen molar-refractivity contribution in [2.75, 3.05) is 26.7 Å². The first-order chi connectivity index (χ1) is 12.0. The molecule has 3 heterocycles. The SMILES string of the molecule is CN1CCc2nc(C(=O)NCCCNC(=O)c3ccc(Cl)s3)sc2C1. The summed E-state index contributed by atoms with van der Waals surface area (Å²) in [5, 5.41) is 6.20. The number of carbonyl (C=O) groups is 2. The molecular formula is C16H19ClN4O2S2. The Labute approximate surface area is 159 Å². The lowest BCUT2D eigenvalue weighted by atomic mass is 10.2. The molecule has 25 heavy (non-hydrogen) atoms. The second-order valence-corrected chi connectivity index (χ2v) is 8.64. The first-order valence-corrected chi connectivity index (χ1v) is 10.0. The third-order valence-electron chi connectivity index (χ3n) is 3.84. The summed E-state index contributed by atoms with van der Waals surface area (Å²) >= 11 is 8.53. The number of aromatic nitrogens is 1. The smallest absolute Gasteiger partial charge is 0.280 e. The van der Waals surface area contributed by atoms with Crippen LogP contribution in [0.15, 0.2) is 12.1 Å². The van der Waals surface area contributed by atoms with E-state index in [0.717, 1.165) is 25.2 Å². The van der Waals surface area contributed by atoms with Gasteiger partial charge in [0, 0.05) is 37.5 Å². The Kier molecular flexibility index (Phi) is 6.06. The van der Waals surface area contributed by atoms with E-state index in [1.165, 1.54) is 27.6 Å². The normalized spacial score (nSPS) is 14.2. The maximum absolute atomic E-state index is 12.2. The lowest BCUT2D eigenvalue weighted by molar-refractivity contribution is 0.0952. The quantitative estimate of drug-likeness (QED) is 0.733. The summed E-state index contributed by atoms with van der Waals surface area (Å²) in [6.07, 6.45) is 1.55. The molecule has 0 aliphatic carbocycles. The third kappa shape index (κ3) is 4.78. The molecule has 2 aromatic rings. The number of thiophene rings is 1. The number of carbonyl (C=O) groups excluding carboxylic acids is 2. The van der Waals surface area contributed by atoms with E-state index in [4.69, 9.17) is 11.6 Å². The summed E-state index contributed by atoms with van der Waals surface area (Å²) in [5.41, 5.74) is 1.05. The fourth-order valence-corrected chi connectivity index (χ4v) is 4.58. The third-order valence-corrected chi connectivity index (χ3v) is 6.15. The van der Waals surface area contributed by atoms with Gasteiger partial charge in [0.2, 0.25) is 0 Å². The Morgan fingerprint density at radius 1 is 1.24 bits per heavy atom. The van der Waals surface area contributed by atoms with Gasteiger partial charge in [0.25, 0.3) is 11.8 Å². The van der Waals surface area contributed by atoms with Gasteiger partial charge in [0.15, 0.2) is 5.01 Å². The average Bonchev–Trinajstić information content (AvgIpc) is 3.20. The molecule has 9 heteroatoms. The lowest BCUT2D eigenvalue weighted by Gasteiger charge is -2.20. The molecule has 2 N–H and O–H groups in total. The molecule has 3 rings (SSSR count). The highest BCUT2D eigenvalue weighted by molar-refractivity contribution is 7.18. The zero-order chi connectivity index (χ0) is 17.8. The van der Waals surface area contributed by atoms with E-state index in [-0.39, 0.29) is 11.8 Å². The minimum absolute atomic E-state index is 0.139. The maximum Gasteiger partial charge on any atom is 0.280 e. The van der Waals surface area contributed by atoms with E-state index in [1.807, 2.05) is 0 Å². The van der Waals surface area contributed by atoms with Crippen molar-refractivity contribution in [1.29, 1.82) is 0 Å². The Morgan fingerprint density at radius 2 is 2.00 bits per heavy atom. The van der Waals surface area contributed by atoms with Crippen LogP contribution < -0.4 is 10.6 Å².